The lowest BCUT2D eigenvalue weighted by Crippen LogP contribution is -2.37. The molecule has 0 radical (unpaired) electrons. The highest BCUT2D eigenvalue weighted by atomic mass is 32.1. The molecular formula is C17H16N2O2S2. The summed E-state index contributed by atoms with van der Waals surface area (Å²) in [6.07, 6.45) is 5.64. The summed E-state index contributed by atoms with van der Waals surface area (Å²) in [6, 6.07) is 7.79. The Hall–Kier alpha value is -1.92. The highest BCUT2D eigenvalue weighted by Gasteiger charge is 2.43. The molecule has 23 heavy (non-hydrogen) atoms. The van der Waals surface area contributed by atoms with Gasteiger partial charge in [0.25, 0.3) is 0 Å². The molecule has 0 saturated heterocycles. The molecule has 6 heteroatoms. The number of thiazole rings is 1. The van der Waals surface area contributed by atoms with Gasteiger partial charge in [-0.3, -0.25) is 4.79 Å². The maximum Gasteiger partial charge on any atom is 0.237 e. The molecule has 0 spiro atoms. The van der Waals surface area contributed by atoms with Crippen molar-refractivity contribution in [2.45, 2.75) is 31.1 Å². The Kier molecular flexibility index (Phi) is 3.79. The van der Waals surface area contributed by atoms with Crippen LogP contribution in [0.25, 0.3) is 11.5 Å². The molecule has 3 heterocycles. The molecule has 4 rings (SSSR count). The van der Waals surface area contributed by atoms with Crippen molar-refractivity contribution in [3.8, 4) is 11.5 Å². The van der Waals surface area contributed by atoms with Crippen molar-refractivity contribution < 1.29 is 9.21 Å². The van der Waals surface area contributed by atoms with E-state index in [1.54, 1.807) is 17.6 Å². The van der Waals surface area contributed by atoms with Crippen LogP contribution in [-0.2, 0) is 10.2 Å². The van der Waals surface area contributed by atoms with E-state index in [9.17, 15) is 4.79 Å². The first kappa shape index (κ1) is 14.7. The first-order valence-corrected chi connectivity index (χ1v) is 9.39. The molecule has 0 aliphatic heterocycles. The van der Waals surface area contributed by atoms with Crippen molar-refractivity contribution in [3.05, 3.63) is 46.2 Å². The number of thiophene rings is 1. The monoisotopic (exact) mass is 344 g/mol. The zero-order chi connectivity index (χ0) is 15.7. The number of carbonyl (C=O) groups excluding carboxylic acids is 1. The Morgan fingerprint density at radius 3 is 2.78 bits per heavy atom. The number of hydrogen-bond donors (Lipinski definition) is 1. The molecule has 4 nitrogen and oxygen atoms in total. The fourth-order valence-electron chi connectivity index (χ4n) is 3.20. The predicted octanol–water partition coefficient (Wildman–Crippen LogP) is 4.92. The molecule has 3 aromatic rings. The molecule has 118 valence electrons. The van der Waals surface area contributed by atoms with E-state index in [-0.39, 0.29) is 11.3 Å². The van der Waals surface area contributed by atoms with E-state index in [0.717, 1.165) is 42.0 Å². The number of rotatable bonds is 4. The average molecular weight is 344 g/mol. The summed E-state index contributed by atoms with van der Waals surface area (Å²) in [7, 11) is 0. The van der Waals surface area contributed by atoms with Gasteiger partial charge in [-0.15, -0.1) is 22.7 Å². The van der Waals surface area contributed by atoms with E-state index in [2.05, 4.69) is 16.4 Å². The largest absolute Gasteiger partial charge is 0.463 e. The van der Waals surface area contributed by atoms with Gasteiger partial charge in [0.05, 0.1) is 11.7 Å². The molecule has 0 aromatic carbocycles. The summed E-state index contributed by atoms with van der Waals surface area (Å²) in [6.45, 7) is 0. The lowest BCUT2D eigenvalue weighted by Gasteiger charge is -2.25. The third-order valence-electron chi connectivity index (χ3n) is 4.38. The van der Waals surface area contributed by atoms with Gasteiger partial charge in [-0.25, -0.2) is 4.98 Å². The van der Waals surface area contributed by atoms with Crippen LogP contribution in [0.4, 0.5) is 5.13 Å². The van der Waals surface area contributed by atoms with E-state index in [1.165, 1.54) is 11.3 Å². The maximum atomic E-state index is 13.0. The minimum absolute atomic E-state index is 0.0674. The molecular weight excluding hydrogens is 328 g/mol. The van der Waals surface area contributed by atoms with Crippen LogP contribution in [0.2, 0.25) is 0 Å². The Morgan fingerprint density at radius 2 is 2.09 bits per heavy atom. The molecule has 1 fully saturated rings. The van der Waals surface area contributed by atoms with E-state index in [4.69, 9.17) is 4.42 Å². The Morgan fingerprint density at radius 1 is 1.22 bits per heavy atom. The minimum atomic E-state index is -0.384. The van der Waals surface area contributed by atoms with E-state index in [1.807, 2.05) is 29.0 Å². The molecule has 1 aliphatic rings. The zero-order valence-corrected chi connectivity index (χ0v) is 14.1. The van der Waals surface area contributed by atoms with Crippen LogP contribution >= 0.6 is 22.7 Å². The summed E-state index contributed by atoms with van der Waals surface area (Å²) in [5.41, 5.74) is 0.372. The highest BCUT2D eigenvalue weighted by Crippen LogP contribution is 2.44. The summed E-state index contributed by atoms with van der Waals surface area (Å²) < 4.78 is 5.35. The number of nitrogens with one attached hydrogen (secondary N) is 1. The first-order chi connectivity index (χ1) is 11.3. The topological polar surface area (TPSA) is 55.1 Å². The maximum absolute atomic E-state index is 13.0. The molecule has 1 saturated carbocycles. The minimum Gasteiger partial charge on any atom is -0.463 e. The second kappa shape index (κ2) is 5.94. The average Bonchev–Trinajstić information content (AvgIpc) is 3.31. The third-order valence-corrected chi connectivity index (χ3v) is 6.21. The van der Waals surface area contributed by atoms with Crippen molar-refractivity contribution in [1.82, 2.24) is 4.98 Å². The van der Waals surface area contributed by atoms with E-state index in [0.29, 0.717) is 5.13 Å². The number of furan rings is 1. The molecule has 0 atom stereocenters. The van der Waals surface area contributed by atoms with Gasteiger partial charge < -0.3 is 9.73 Å². The van der Waals surface area contributed by atoms with Gasteiger partial charge in [-0.2, -0.15) is 0 Å². The summed E-state index contributed by atoms with van der Waals surface area (Å²) in [5.74, 6) is 0.786. The number of amides is 1. The van der Waals surface area contributed by atoms with Crippen molar-refractivity contribution in [3.63, 3.8) is 0 Å². The van der Waals surface area contributed by atoms with Crippen molar-refractivity contribution in [2.24, 2.45) is 0 Å². The van der Waals surface area contributed by atoms with E-state index < -0.39 is 0 Å². The van der Waals surface area contributed by atoms with Crippen LogP contribution in [0.15, 0.2) is 45.7 Å². The van der Waals surface area contributed by atoms with Gasteiger partial charge in [0.2, 0.25) is 5.91 Å². The fourth-order valence-corrected chi connectivity index (χ4v) is 4.88. The molecule has 3 aromatic heterocycles. The molecule has 0 bridgehead atoms. The van der Waals surface area contributed by atoms with Crippen LogP contribution in [-0.4, -0.2) is 10.9 Å². The number of carbonyl (C=O) groups is 1. The smallest absolute Gasteiger partial charge is 0.237 e. The van der Waals surface area contributed by atoms with Crippen molar-refractivity contribution in [2.75, 3.05) is 5.32 Å². The summed E-state index contributed by atoms with van der Waals surface area (Å²) in [4.78, 5) is 18.6. The number of anilines is 1. The summed E-state index contributed by atoms with van der Waals surface area (Å²) >= 11 is 3.10. The number of aromatic nitrogens is 1. The highest BCUT2D eigenvalue weighted by molar-refractivity contribution is 7.14. The van der Waals surface area contributed by atoms with Crippen LogP contribution < -0.4 is 5.32 Å². The van der Waals surface area contributed by atoms with Crippen LogP contribution in [0, 0.1) is 0 Å². The Bertz CT molecular complexity index is 785. The molecule has 1 aliphatic carbocycles. The number of hydrogen-bond acceptors (Lipinski definition) is 5. The lowest BCUT2D eigenvalue weighted by atomic mass is 9.83. The molecule has 1 N–H and O–H groups in total. The Balaban J connectivity index is 1.57. The predicted molar refractivity (Wildman–Crippen MR) is 92.9 cm³/mol. The zero-order valence-electron chi connectivity index (χ0n) is 12.5. The third kappa shape index (κ3) is 2.62. The van der Waals surface area contributed by atoms with Crippen molar-refractivity contribution in [1.29, 1.82) is 0 Å². The van der Waals surface area contributed by atoms with Crippen LogP contribution in [0.3, 0.4) is 0 Å². The Labute approximate surface area is 142 Å². The second-order valence-electron chi connectivity index (χ2n) is 5.74. The van der Waals surface area contributed by atoms with Crippen molar-refractivity contribution >= 4 is 33.7 Å². The standard InChI is InChI=1S/C17H16N2O2S2/c20-15(17(7-1-2-8-17)14-6-4-10-22-14)19-16-18-12(11-23-16)13-5-3-9-21-13/h3-6,9-11H,1-2,7-8H2,(H,18,19,20). The van der Waals surface area contributed by atoms with E-state index >= 15 is 0 Å². The molecule has 1 amide bonds. The second-order valence-corrected chi connectivity index (χ2v) is 7.54. The van der Waals surface area contributed by atoms with Gasteiger partial charge in [0.1, 0.15) is 5.69 Å². The van der Waals surface area contributed by atoms with Gasteiger partial charge in [-0.1, -0.05) is 18.9 Å². The quantitative estimate of drug-likeness (QED) is 0.731. The van der Waals surface area contributed by atoms with Gasteiger partial charge >= 0.3 is 0 Å². The van der Waals surface area contributed by atoms with Crippen LogP contribution in [0.1, 0.15) is 30.6 Å². The van der Waals surface area contributed by atoms with Crippen LogP contribution in [0.5, 0.6) is 0 Å². The molecule has 0 unspecified atom stereocenters. The van der Waals surface area contributed by atoms with Gasteiger partial charge in [0.15, 0.2) is 10.9 Å². The fraction of sp³-hybridized carbons (Fsp3) is 0.294. The van der Waals surface area contributed by atoms with Gasteiger partial charge in [-0.05, 0) is 36.4 Å². The number of nitrogens with zero attached hydrogens (tertiary/aromatic N) is 1. The summed E-state index contributed by atoms with van der Waals surface area (Å²) in [5, 5.41) is 7.60. The normalized spacial score (nSPS) is 16.5. The SMILES string of the molecule is O=C(Nc1nc(-c2ccco2)cs1)C1(c2cccs2)CCCC1. The first-order valence-electron chi connectivity index (χ1n) is 7.63. The lowest BCUT2D eigenvalue weighted by molar-refractivity contribution is -0.121. The van der Waals surface area contributed by atoms with Gasteiger partial charge in [0, 0.05) is 10.3 Å².